The Morgan fingerprint density at radius 2 is 1.71 bits per heavy atom. The van der Waals surface area contributed by atoms with Gasteiger partial charge in [-0.05, 0) is 75.0 Å². The van der Waals surface area contributed by atoms with E-state index in [4.69, 9.17) is 22.3 Å². The number of benzene rings is 1. The van der Waals surface area contributed by atoms with Gasteiger partial charge in [-0.25, -0.2) is 0 Å². The Morgan fingerprint density at radius 1 is 0.980 bits per heavy atom. The van der Waals surface area contributed by atoms with Crippen molar-refractivity contribution >= 4 is 12.2 Å². The maximum Gasteiger partial charge on any atom is 0.207 e. The minimum absolute atomic E-state index is 0.251. The minimum Gasteiger partial charge on any atom is -0.380 e. The molecule has 0 bridgehead atoms. The lowest BCUT2D eigenvalue weighted by molar-refractivity contribution is -0.118. The quantitative estimate of drug-likeness (QED) is 0.0608. The smallest absolute Gasteiger partial charge is 0.207 e. The molecule has 0 atom stereocenters. The average Bonchev–Trinajstić information content (AvgIpc) is 3.67. The molecule has 2 aromatic rings. The number of rotatable bonds is 21. The molecule has 3 rings (SSSR count). The van der Waals surface area contributed by atoms with Crippen molar-refractivity contribution in [1.82, 2.24) is 10.3 Å². The van der Waals surface area contributed by atoms with Crippen LogP contribution in [0.2, 0.25) is 0 Å². The van der Waals surface area contributed by atoms with Crippen molar-refractivity contribution < 1.29 is 19.1 Å². The van der Waals surface area contributed by atoms with Gasteiger partial charge in [-0.15, -0.1) is 25.3 Å². The number of terminal acetylenes is 2. The van der Waals surface area contributed by atoms with Crippen molar-refractivity contribution in [3.8, 4) is 24.7 Å². The van der Waals surface area contributed by atoms with Crippen LogP contribution in [0.25, 0.3) is 0 Å². The number of nitrogens with one attached hydrogen (secondary N) is 1. The van der Waals surface area contributed by atoms with Crippen LogP contribution in [0.1, 0.15) is 125 Å². The maximum atomic E-state index is 12.2. The van der Waals surface area contributed by atoms with E-state index < -0.39 is 0 Å². The standard InChI is InChI=1S/C18H27NO3.C16H24.C7H10.C4H5NO/c1-5-6-7-8-9-16(20)10-17-14(2)19-11-15(12-21-3)18(17)13-22-4;1-3-9-15(10-4-1)11-5-2-6-12-16-13-7-8-14-16;1-3-5-7-6-4-2;1-2-3-5-4-6/h5-6,11H,7-10,12-13H2,1-4H3;1,3-4,9-10,16H,2,5-8,11-14H2;1,4H,2,5-7H2;1,4H,3H2,(H,5,6)/b6-5-;;;. The van der Waals surface area contributed by atoms with Crippen LogP contribution >= 0.6 is 0 Å². The fourth-order valence-electron chi connectivity index (χ4n) is 5.78. The number of aromatic nitrogens is 1. The average molecular weight is 699 g/mol. The first kappa shape index (κ1) is 47.0. The van der Waals surface area contributed by atoms with Gasteiger partial charge in [0.05, 0.1) is 19.8 Å². The summed E-state index contributed by atoms with van der Waals surface area (Å²) in [6.07, 6.45) is 37.0. The van der Waals surface area contributed by atoms with Gasteiger partial charge >= 0.3 is 0 Å². The van der Waals surface area contributed by atoms with Gasteiger partial charge in [-0.3, -0.25) is 14.6 Å². The molecule has 0 saturated heterocycles. The van der Waals surface area contributed by atoms with Crippen LogP contribution in [0.3, 0.4) is 0 Å². The monoisotopic (exact) mass is 699 g/mol. The van der Waals surface area contributed by atoms with Gasteiger partial charge in [-0.1, -0.05) is 99.4 Å². The van der Waals surface area contributed by atoms with Crippen molar-refractivity contribution in [2.75, 3.05) is 20.8 Å². The van der Waals surface area contributed by atoms with Crippen molar-refractivity contribution in [2.45, 2.75) is 130 Å². The summed E-state index contributed by atoms with van der Waals surface area (Å²) < 4.78 is 10.5. The lowest BCUT2D eigenvalue weighted by Gasteiger charge is -2.15. The highest BCUT2D eigenvalue weighted by atomic mass is 16.5. The number of ether oxygens (including phenoxy) is 2. The molecule has 1 amide bonds. The van der Waals surface area contributed by atoms with Crippen LogP contribution in [0.4, 0.5) is 0 Å². The topological polar surface area (TPSA) is 77.5 Å². The zero-order valence-corrected chi connectivity index (χ0v) is 32.2. The van der Waals surface area contributed by atoms with E-state index in [1.54, 1.807) is 14.2 Å². The lowest BCUT2D eigenvalue weighted by atomic mass is 9.96. The molecule has 1 fully saturated rings. The first-order valence-corrected chi connectivity index (χ1v) is 18.7. The van der Waals surface area contributed by atoms with Gasteiger partial charge < -0.3 is 14.8 Å². The second-order valence-electron chi connectivity index (χ2n) is 12.7. The molecule has 1 aromatic heterocycles. The molecule has 1 aliphatic carbocycles. The van der Waals surface area contributed by atoms with Crippen LogP contribution in [-0.2, 0) is 45.1 Å². The molecule has 1 saturated carbocycles. The molecule has 1 N–H and O–H groups in total. The molecule has 0 radical (unpaired) electrons. The van der Waals surface area contributed by atoms with E-state index in [0.717, 1.165) is 60.4 Å². The van der Waals surface area contributed by atoms with Crippen molar-refractivity contribution in [3.63, 3.8) is 0 Å². The fourth-order valence-corrected chi connectivity index (χ4v) is 5.78. The molecule has 6 nitrogen and oxygen atoms in total. The SMILES string of the molecule is C#CCCCC=C.C#CCNC=O.C/C=C\CCCC(=O)Cc1c(C)ncc(COC)c1COC.c1ccc(CCCCCC2CCCC2)cc1. The minimum atomic E-state index is 0.251. The van der Waals surface area contributed by atoms with E-state index in [0.29, 0.717) is 39.0 Å². The van der Waals surface area contributed by atoms with E-state index in [-0.39, 0.29) is 5.78 Å². The van der Waals surface area contributed by atoms with Gasteiger partial charge in [0.25, 0.3) is 0 Å². The number of hydrogen-bond donors (Lipinski definition) is 1. The molecule has 1 heterocycles. The number of carbonyl (C=O) groups is 2. The Balaban J connectivity index is 0.000000746. The Morgan fingerprint density at radius 3 is 2.29 bits per heavy atom. The van der Waals surface area contributed by atoms with Crippen molar-refractivity contribution in [1.29, 1.82) is 0 Å². The first-order chi connectivity index (χ1) is 24.9. The third-order valence-electron chi connectivity index (χ3n) is 8.54. The predicted molar refractivity (Wildman–Crippen MR) is 214 cm³/mol. The third-order valence-corrected chi connectivity index (χ3v) is 8.54. The Hall–Kier alpha value is -3.97. The number of Topliss-reactive ketones (excluding diaryl/α,β-unsaturated/α-hetero) is 1. The fraction of sp³-hybridized carbons (Fsp3) is 0.533. The van der Waals surface area contributed by atoms with Gasteiger partial charge in [-0.2, -0.15) is 0 Å². The number of aryl methyl sites for hydroxylation is 2. The number of nitrogens with zero attached hydrogens (tertiary/aromatic N) is 1. The number of carbonyl (C=O) groups excluding carboxylic acids is 2. The number of pyridine rings is 1. The molecular formula is C45H66N2O4. The summed E-state index contributed by atoms with van der Waals surface area (Å²) in [5.41, 5.74) is 5.43. The number of methoxy groups -OCH3 is 2. The molecule has 0 aliphatic heterocycles. The predicted octanol–water partition coefficient (Wildman–Crippen LogP) is 9.86. The molecular weight excluding hydrogens is 633 g/mol. The second kappa shape index (κ2) is 34.5. The van der Waals surface area contributed by atoms with E-state index in [1.807, 2.05) is 32.2 Å². The highest BCUT2D eigenvalue weighted by Crippen LogP contribution is 2.29. The summed E-state index contributed by atoms with van der Waals surface area (Å²) in [7, 11) is 3.32. The molecule has 0 spiro atoms. The molecule has 6 heteroatoms. The molecule has 1 aromatic carbocycles. The van der Waals surface area contributed by atoms with Crippen LogP contribution in [-0.4, -0.2) is 37.9 Å². The lowest BCUT2D eigenvalue weighted by Crippen LogP contribution is -2.12. The number of ketones is 1. The van der Waals surface area contributed by atoms with E-state index in [9.17, 15) is 9.59 Å². The summed E-state index contributed by atoms with van der Waals surface area (Å²) in [6.45, 7) is 8.78. The number of hydrogen-bond acceptors (Lipinski definition) is 5. The third kappa shape index (κ3) is 25.6. The first-order valence-electron chi connectivity index (χ1n) is 18.7. The highest BCUT2D eigenvalue weighted by molar-refractivity contribution is 5.81. The second-order valence-corrected chi connectivity index (χ2v) is 12.7. The van der Waals surface area contributed by atoms with Crippen LogP contribution in [0, 0.1) is 37.5 Å². The molecule has 1 aliphatic rings. The molecule has 280 valence electrons. The highest BCUT2D eigenvalue weighted by Gasteiger charge is 2.16. The summed E-state index contributed by atoms with van der Waals surface area (Å²) in [5, 5.41) is 2.28. The van der Waals surface area contributed by atoms with Crippen molar-refractivity contribution in [3.05, 3.63) is 89.3 Å². The Labute approximate surface area is 311 Å². The normalized spacial score (nSPS) is 11.8. The maximum absolute atomic E-state index is 12.2. The van der Waals surface area contributed by atoms with E-state index in [1.165, 1.54) is 63.4 Å². The van der Waals surface area contributed by atoms with E-state index in [2.05, 4.69) is 65.1 Å². The van der Waals surface area contributed by atoms with Gasteiger partial charge in [0.15, 0.2) is 0 Å². The number of allylic oxidation sites excluding steroid dienone is 3. The Kier molecular flexibility index (Phi) is 31.8. The van der Waals surface area contributed by atoms with Crippen LogP contribution in [0.5, 0.6) is 0 Å². The number of unbranched alkanes of at least 4 members (excludes halogenated alkanes) is 5. The largest absolute Gasteiger partial charge is 0.380 e. The molecule has 0 unspecified atom stereocenters. The zero-order valence-electron chi connectivity index (χ0n) is 32.2. The molecule has 51 heavy (non-hydrogen) atoms. The zero-order chi connectivity index (χ0) is 37.8. The summed E-state index contributed by atoms with van der Waals surface area (Å²) >= 11 is 0. The van der Waals surface area contributed by atoms with Crippen molar-refractivity contribution in [2.24, 2.45) is 5.92 Å². The van der Waals surface area contributed by atoms with Gasteiger partial charge in [0.2, 0.25) is 6.41 Å². The number of amides is 1. The summed E-state index contributed by atoms with van der Waals surface area (Å²) in [5.74, 6) is 6.11. The summed E-state index contributed by atoms with van der Waals surface area (Å²) in [4.78, 5) is 26.0. The summed E-state index contributed by atoms with van der Waals surface area (Å²) in [6, 6.07) is 10.9. The van der Waals surface area contributed by atoms with Crippen LogP contribution < -0.4 is 5.32 Å². The van der Waals surface area contributed by atoms with E-state index >= 15 is 0 Å². The Bertz CT molecular complexity index is 1280. The van der Waals surface area contributed by atoms with Gasteiger partial charge in [0, 0.05) is 50.9 Å². The van der Waals surface area contributed by atoms with Crippen LogP contribution in [0.15, 0.2) is 61.3 Å². The van der Waals surface area contributed by atoms with Gasteiger partial charge in [0.1, 0.15) is 5.78 Å².